The topological polar surface area (TPSA) is 51.0 Å². The highest BCUT2D eigenvalue weighted by Gasteiger charge is 2.06. The summed E-state index contributed by atoms with van der Waals surface area (Å²) in [5.41, 5.74) is 1.26. The summed E-state index contributed by atoms with van der Waals surface area (Å²) in [6.45, 7) is 4.77. The van der Waals surface area contributed by atoms with Gasteiger partial charge in [-0.3, -0.25) is 0 Å². The SMILES string of the molecule is Cc1nc(CCNC(C)c2cccc(Br)c2)no1. The molecule has 1 aromatic heterocycles. The molecule has 1 unspecified atom stereocenters. The molecule has 1 atom stereocenters. The number of hydrogen-bond acceptors (Lipinski definition) is 4. The van der Waals surface area contributed by atoms with Crippen LogP contribution in [0.1, 0.15) is 30.2 Å². The molecule has 1 N–H and O–H groups in total. The maximum atomic E-state index is 4.93. The van der Waals surface area contributed by atoms with E-state index in [1.54, 1.807) is 6.92 Å². The molecule has 0 radical (unpaired) electrons. The van der Waals surface area contributed by atoms with Gasteiger partial charge >= 0.3 is 0 Å². The number of nitrogens with zero attached hydrogens (tertiary/aromatic N) is 2. The van der Waals surface area contributed by atoms with Crippen molar-refractivity contribution in [2.45, 2.75) is 26.3 Å². The van der Waals surface area contributed by atoms with E-state index in [1.807, 2.05) is 12.1 Å². The van der Waals surface area contributed by atoms with Crippen LogP contribution >= 0.6 is 15.9 Å². The number of nitrogens with one attached hydrogen (secondary N) is 1. The lowest BCUT2D eigenvalue weighted by molar-refractivity contribution is 0.386. The first-order valence-electron chi connectivity index (χ1n) is 5.93. The van der Waals surface area contributed by atoms with E-state index < -0.39 is 0 Å². The Morgan fingerprint density at radius 3 is 2.94 bits per heavy atom. The fourth-order valence-electron chi connectivity index (χ4n) is 1.74. The second kappa shape index (κ2) is 6.11. The highest BCUT2D eigenvalue weighted by atomic mass is 79.9. The summed E-state index contributed by atoms with van der Waals surface area (Å²) in [6, 6.07) is 8.60. The molecule has 1 heterocycles. The second-order valence-electron chi connectivity index (χ2n) is 4.21. The van der Waals surface area contributed by atoms with Gasteiger partial charge in [-0.25, -0.2) is 0 Å². The van der Waals surface area contributed by atoms with Gasteiger partial charge in [0.1, 0.15) is 0 Å². The van der Waals surface area contributed by atoms with Gasteiger partial charge in [-0.2, -0.15) is 4.98 Å². The lowest BCUT2D eigenvalue weighted by Gasteiger charge is -2.13. The zero-order valence-electron chi connectivity index (χ0n) is 10.5. The number of halogens is 1. The van der Waals surface area contributed by atoms with Crippen LogP contribution in [0.15, 0.2) is 33.3 Å². The molecule has 18 heavy (non-hydrogen) atoms. The van der Waals surface area contributed by atoms with Gasteiger partial charge in [0.05, 0.1) is 0 Å². The number of aryl methyl sites for hydroxylation is 1. The first-order chi connectivity index (χ1) is 8.65. The largest absolute Gasteiger partial charge is 0.340 e. The molecule has 0 fully saturated rings. The third-order valence-corrected chi connectivity index (χ3v) is 3.21. The fourth-order valence-corrected chi connectivity index (χ4v) is 2.15. The molecule has 2 aromatic rings. The summed E-state index contributed by atoms with van der Waals surface area (Å²) in [5, 5.41) is 7.31. The van der Waals surface area contributed by atoms with Gasteiger partial charge in [0.2, 0.25) is 5.89 Å². The van der Waals surface area contributed by atoms with Gasteiger partial charge < -0.3 is 9.84 Å². The quantitative estimate of drug-likeness (QED) is 0.922. The van der Waals surface area contributed by atoms with Crippen LogP contribution in [0.3, 0.4) is 0 Å². The number of hydrogen-bond donors (Lipinski definition) is 1. The van der Waals surface area contributed by atoms with Crippen LogP contribution in [0.2, 0.25) is 0 Å². The lowest BCUT2D eigenvalue weighted by atomic mass is 10.1. The molecule has 0 aliphatic rings. The standard InChI is InChI=1S/C13H16BrN3O/c1-9(11-4-3-5-12(14)8-11)15-7-6-13-16-10(2)18-17-13/h3-5,8-9,15H,6-7H2,1-2H3. The van der Waals surface area contributed by atoms with Crippen molar-refractivity contribution < 1.29 is 4.52 Å². The van der Waals surface area contributed by atoms with Crippen molar-refractivity contribution in [3.63, 3.8) is 0 Å². The predicted octanol–water partition coefficient (Wildman–Crippen LogP) is 3.03. The van der Waals surface area contributed by atoms with E-state index in [0.29, 0.717) is 11.9 Å². The fraction of sp³-hybridized carbons (Fsp3) is 0.385. The molecule has 0 saturated carbocycles. The molecule has 0 aliphatic heterocycles. The van der Waals surface area contributed by atoms with Crippen molar-refractivity contribution >= 4 is 15.9 Å². The normalized spacial score (nSPS) is 12.6. The van der Waals surface area contributed by atoms with Gasteiger partial charge in [0.25, 0.3) is 0 Å². The van der Waals surface area contributed by atoms with Crippen molar-refractivity contribution in [3.05, 3.63) is 46.0 Å². The molecule has 0 aliphatic carbocycles. The smallest absolute Gasteiger partial charge is 0.223 e. The first kappa shape index (κ1) is 13.2. The van der Waals surface area contributed by atoms with Crippen molar-refractivity contribution in [1.82, 2.24) is 15.5 Å². The molecule has 5 heteroatoms. The van der Waals surface area contributed by atoms with Crippen LogP contribution < -0.4 is 5.32 Å². The second-order valence-corrected chi connectivity index (χ2v) is 5.13. The minimum absolute atomic E-state index is 0.301. The number of aromatic nitrogens is 2. The molecule has 1 aromatic carbocycles. The highest BCUT2D eigenvalue weighted by Crippen LogP contribution is 2.17. The van der Waals surface area contributed by atoms with Crippen LogP contribution in [-0.2, 0) is 6.42 Å². The Morgan fingerprint density at radius 1 is 1.44 bits per heavy atom. The molecule has 0 bridgehead atoms. The average molecular weight is 310 g/mol. The zero-order chi connectivity index (χ0) is 13.0. The van der Waals surface area contributed by atoms with Crippen LogP contribution in [0, 0.1) is 6.92 Å². The van der Waals surface area contributed by atoms with Gasteiger partial charge in [0.15, 0.2) is 5.82 Å². The molecular weight excluding hydrogens is 294 g/mol. The van der Waals surface area contributed by atoms with E-state index in [-0.39, 0.29) is 0 Å². The molecule has 4 nitrogen and oxygen atoms in total. The van der Waals surface area contributed by atoms with Gasteiger partial charge in [-0.1, -0.05) is 33.2 Å². The number of rotatable bonds is 5. The Labute approximate surface area is 115 Å². The maximum absolute atomic E-state index is 4.93. The van der Waals surface area contributed by atoms with Crippen molar-refractivity contribution in [2.24, 2.45) is 0 Å². The Bertz CT molecular complexity index is 512. The molecule has 96 valence electrons. The predicted molar refractivity (Wildman–Crippen MR) is 73.3 cm³/mol. The van der Waals surface area contributed by atoms with E-state index in [1.165, 1.54) is 5.56 Å². The minimum Gasteiger partial charge on any atom is -0.340 e. The molecule has 2 rings (SSSR count). The van der Waals surface area contributed by atoms with E-state index in [2.05, 4.69) is 50.4 Å². The van der Waals surface area contributed by atoms with Crippen molar-refractivity contribution in [2.75, 3.05) is 6.54 Å². The van der Waals surface area contributed by atoms with E-state index in [4.69, 9.17) is 4.52 Å². The third kappa shape index (κ3) is 3.65. The summed E-state index contributed by atoms with van der Waals surface area (Å²) < 4.78 is 6.03. The highest BCUT2D eigenvalue weighted by molar-refractivity contribution is 9.10. The van der Waals surface area contributed by atoms with E-state index in [0.717, 1.165) is 23.3 Å². The lowest BCUT2D eigenvalue weighted by Crippen LogP contribution is -2.21. The van der Waals surface area contributed by atoms with Crippen molar-refractivity contribution in [3.8, 4) is 0 Å². The monoisotopic (exact) mass is 309 g/mol. The Morgan fingerprint density at radius 2 is 2.28 bits per heavy atom. The maximum Gasteiger partial charge on any atom is 0.223 e. The summed E-state index contributed by atoms with van der Waals surface area (Å²) in [6.07, 6.45) is 0.773. The first-order valence-corrected chi connectivity index (χ1v) is 6.72. The van der Waals surface area contributed by atoms with Gasteiger partial charge in [0, 0.05) is 30.4 Å². The van der Waals surface area contributed by atoms with Crippen LogP contribution in [-0.4, -0.2) is 16.7 Å². The van der Waals surface area contributed by atoms with Gasteiger partial charge in [-0.15, -0.1) is 0 Å². The number of benzene rings is 1. The van der Waals surface area contributed by atoms with Crippen LogP contribution in [0.5, 0.6) is 0 Å². The van der Waals surface area contributed by atoms with E-state index in [9.17, 15) is 0 Å². The van der Waals surface area contributed by atoms with Crippen LogP contribution in [0.4, 0.5) is 0 Å². The Balaban J connectivity index is 1.83. The molecule has 0 amide bonds. The molecule has 0 spiro atoms. The summed E-state index contributed by atoms with van der Waals surface area (Å²) >= 11 is 3.48. The molecular formula is C13H16BrN3O. The van der Waals surface area contributed by atoms with Crippen molar-refractivity contribution in [1.29, 1.82) is 0 Å². The van der Waals surface area contributed by atoms with Crippen LogP contribution in [0.25, 0.3) is 0 Å². The summed E-state index contributed by atoms with van der Waals surface area (Å²) in [4.78, 5) is 4.17. The third-order valence-electron chi connectivity index (χ3n) is 2.72. The average Bonchev–Trinajstić information content (AvgIpc) is 2.75. The zero-order valence-corrected chi connectivity index (χ0v) is 12.1. The summed E-state index contributed by atoms with van der Waals surface area (Å²) in [5.74, 6) is 1.37. The Kier molecular flexibility index (Phi) is 4.49. The summed E-state index contributed by atoms with van der Waals surface area (Å²) in [7, 11) is 0. The molecule has 0 saturated heterocycles. The van der Waals surface area contributed by atoms with E-state index >= 15 is 0 Å². The van der Waals surface area contributed by atoms with Gasteiger partial charge in [-0.05, 0) is 24.6 Å². The Hall–Kier alpha value is -1.20. The minimum atomic E-state index is 0.301.